The van der Waals surface area contributed by atoms with Crippen LogP contribution >= 0.6 is 0 Å². The van der Waals surface area contributed by atoms with E-state index in [1.54, 1.807) is 0 Å². The van der Waals surface area contributed by atoms with Crippen LogP contribution in [0.5, 0.6) is 0 Å². The Kier molecular flexibility index (Phi) is 838. The van der Waals surface area contributed by atoms with Gasteiger partial charge in [0.15, 0.2) is 0 Å². The summed E-state index contributed by atoms with van der Waals surface area (Å²) in [7, 11) is 0. The van der Waals surface area contributed by atoms with Crippen molar-refractivity contribution < 1.29 is 19.1 Å². The normalized spacial score (nSPS) is 2.18. The van der Waals surface area contributed by atoms with E-state index >= 15 is 0 Å². The van der Waals surface area contributed by atoms with Gasteiger partial charge in [-0.1, -0.05) is 0 Å². The molecule has 0 spiro atoms. The highest BCUT2D eigenvalue weighted by Crippen LogP contribution is 0.874. The second-order valence-corrected chi connectivity index (χ2v) is 0.306. The zero-order valence-corrected chi connectivity index (χ0v) is 4.63. The molecule has 0 unspecified atom stereocenters. The summed E-state index contributed by atoms with van der Waals surface area (Å²) in [6.45, 7) is 0. The first-order valence-electron chi connectivity index (χ1n) is 1.36. The van der Waals surface area contributed by atoms with Gasteiger partial charge in [-0.2, -0.15) is 0 Å². The zero-order chi connectivity index (χ0) is 8.12. The number of carbonyl (C=O) groups excluding carboxylic acids is 3. The topological polar surface area (TPSA) is 123 Å². The van der Waals surface area contributed by atoms with E-state index in [9.17, 15) is 0 Å². The van der Waals surface area contributed by atoms with Crippen LogP contribution in [-0.4, -0.2) is 29.2 Å². The molecule has 64 valence electrons. The number of halogens is 1. The maximum absolute atomic E-state index is 8.35. The third kappa shape index (κ3) is 112. The number of hydrogen-bond donors (Lipinski definition) is 3. The molecule has 0 amide bonds. The molecule has 0 saturated carbocycles. The second-order valence-electron chi connectivity index (χ2n) is 0.306. The van der Waals surface area contributed by atoms with Crippen LogP contribution in [0.3, 0.4) is 0 Å². The fourth-order valence-electron chi connectivity index (χ4n) is 0. The monoisotopic (exact) mass is 181 g/mol. The van der Waals surface area contributed by atoms with Gasteiger partial charge in [0, 0.05) is 0 Å². The first-order valence-corrected chi connectivity index (χ1v) is 1.36. The van der Waals surface area contributed by atoms with Crippen molar-refractivity contribution in [3.63, 3.8) is 0 Å². The molecule has 0 saturated heterocycles. The maximum Gasteiger partial charge on any atom is 0.231 e. The summed E-state index contributed by atoms with van der Waals surface area (Å²) in [6, 6.07) is 0. The van der Waals surface area contributed by atoms with E-state index in [1.807, 2.05) is 0 Å². The predicted molar refractivity (Wildman–Crippen MR) is 39.1 cm³/mol. The van der Waals surface area contributed by atoms with Gasteiger partial charge in [0.1, 0.15) is 0 Å². The van der Waals surface area contributed by atoms with Gasteiger partial charge < -0.3 is 0 Å². The Morgan fingerprint density at radius 3 is 0.727 bits per heavy atom. The first kappa shape index (κ1) is 34.7. The Labute approximate surface area is 65.5 Å². The molecule has 11 heavy (non-hydrogen) atoms. The van der Waals surface area contributed by atoms with Crippen molar-refractivity contribution in [2.45, 2.75) is 0 Å². The molecule has 0 aliphatic carbocycles. The van der Waals surface area contributed by atoms with Crippen molar-refractivity contribution in [1.82, 2.24) is 0 Å². The van der Waals surface area contributed by atoms with E-state index in [4.69, 9.17) is 30.6 Å². The van der Waals surface area contributed by atoms with Crippen LogP contribution in [0.15, 0.2) is 0 Å². The summed E-state index contributed by atoms with van der Waals surface area (Å²) in [5.41, 5.74) is 0. The summed E-state index contributed by atoms with van der Waals surface area (Å²) in [5.74, 6) is 0. The van der Waals surface area contributed by atoms with Gasteiger partial charge in [-0.15, -0.1) is 0 Å². The van der Waals surface area contributed by atoms with Crippen molar-refractivity contribution in [3.05, 3.63) is 0 Å². The Morgan fingerprint density at radius 1 is 0.727 bits per heavy atom. The van der Waals surface area contributed by atoms with Gasteiger partial charge >= 0.3 is 0 Å². The minimum atomic E-state index is 0. The Hall–Kier alpha value is -1.71. The van der Waals surface area contributed by atoms with Gasteiger partial charge in [0.05, 0.1) is 0 Å². The van der Waals surface area contributed by atoms with E-state index in [1.165, 1.54) is 0 Å². The standard InChI is InChI=1S/3CHNO.FH.H4Si/c3*2-1-3;;/h3*2H;1H;1H4. The molecule has 0 aliphatic heterocycles. The van der Waals surface area contributed by atoms with E-state index in [2.05, 4.69) is 0 Å². The number of hydrogen-bond acceptors (Lipinski definition) is 6. The summed E-state index contributed by atoms with van der Waals surface area (Å²) in [4.78, 5) is 25.0. The van der Waals surface area contributed by atoms with Crippen molar-refractivity contribution >= 4 is 29.2 Å². The largest absolute Gasteiger partial charge is 0.269 e. The number of isocyanates is 3. The molecule has 0 aromatic carbocycles. The SMILES string of the molecule is F.N=C=O.N=C=O.N=C=O.[SiH4]. The molecule has 0 aromatic heterocycles. The van der Waals surface area contributed by atoms with Crippen LogP contribution in [-0.2, 0) is 14.4 Å². The average molecular weight is 181 g/mol. The number of nitrogens with one attached hydrogen (secondary N) is 3. The van der Waals surface area contributed by atoms with E-state index in [-0.39, 0.29) is 15.7 Å². The summed E-state index contributed by atoms with van der Waals surface area (Å²) in [5, 5.41) is 16.2. The van der Waals surface area contributed by atoms with Crippen LogP contribution in [0.1, 0.15) is 0 Å². The first-order chi connectivity index (χ1) is 4.24. The molecule has 0 bridgehead atoms. The van der Waals surface area contributed by atoms with Crippen LogP contribution in [0.4, 0.5) is 4.70 Å². The summed E-state index contributed by atoms with van der Waals surface area (Å²) >= 11 is 0. The second kappa shape index (κ2) is 266. The molecule has 0 atom stereocenters. The van der Waals surface area contributed by atoms with E-state index in [0.717, 1.165) is 18.2 Å². The minimum absolute atomic E-state index is 0. The lowest BCUT2D eigenvalue weighted by Crippen LogP contribution is -1.16. The predicted octanol–water partition coefficient (Wildman–Crippen LogP) is -1.60. The quantitative estimate of drug-likeness (QED) is 0.237. The lowest BCUT2D eigenvalue weighted by atomic mass is 11.7. The highest BCUT2D eigenvalue weighted by molar-refractivity contribution is 5.75. The highest BCUT2D eigenvalue weighted by Gasteiger charge is 1.04. The van der Waals surface area contributed by atoms with Crippen molar-refractivity contribution in [3.8, 4) is 0 Å². The van der Waals surface area contributed by atoms with Crippen LogP contribution in [0.2, 0.25) is 0 Å². The summed E-state index contributed by atoms with van der Waals surface area (Å²) in [6.07, 6.45) is 2.25. The van der Waals surface area contributed by atoms with Gasteiger partial charge in [-0.25, -0.2) is 30.6 Å². The van der Waals surface area contributed by atoms with Crippen molar-refractivity contribution in [2.75, 3.05) is 0 Å². The van der Waals surface area contributed by atoms with Gasteiger partial charge in [-0.3, -0.25) is 4.70 Å². The fraction of sp³-hybridized carbons (Fsp3) is 0. The van der Waals surface area contributed by atoms with Gasteiger partial charge in [0.25, 0.3) is 0 Å². The molecule has 0 aromatic rings. The molecule has 8 heteroatoms. The van der Waals surface area contributed by atoms with Crippen LogP contribution < -0.4 is 0 Å². The van der Waals surface area contributed by atoms with Gasteiger partial charge in [0.2, 0.25) is 18.2 Å². The third-order valence-corrected chi connectivity index (χ3v) is 0. The van der Waals surface area contributed by atoms with Crippen molar-refractivity contribution in [1.29, 1.82) is 16.2 Å². The lowest BCUT2D eigenvalue weighted by molar-refractivity contribution is 0.562. The summed E-state index contributed by atoms with van der Waals surface area (Å²) < 4.78 is 0. The highest BCUT2D eigenvalue weighted by atomic mass is 28.1. The number of rotatable bonds is 0. The Balaban J connectivity index is -0.0000000150. The smallest absolute Gasteiger partial charge is 0.231 e. The maximum atomic E-state index is 8.35. The molecule has 6 nitrogen and oxygen atoms in total. The fourth-order valence-corrected chi connectivity index (χ4v) is 0. The lowest BCUT2D eigenvalue weighted by Gasteiger charge is -1.02. The molecule has 0 radical (unpaired) electrons. The van der Waals surface area contributed by atoms with E-state index < -0.39 is 0 Å². The molecular weight excluding hydrogens is 173 g/mol. The molecular formula is C3H8FN3O3Si. The van der Waals surface area contributed by atoms with E-state index in [0.29, 0.717) is 0 Å². The van der Waals surface area contributed by atoms with Crippen LogP contribution in [0, 0.1) is 16.2 Å². The molecule has 0 aliphatic rings. The molecule has 0 heterocycles. The minimum Gasteiger partial charge on any atom is -0.269 e. The average Bonchev–Trinajstić information content (AvgIpc) is 1.70. The third-order valence-electron chi connectivity index (χ3n) is 0. The molecule has 0 fully saturated rings. The Bertz CT molecular complexity index is 115. The molecule has 3 N–H and O–H groups in total. The van der Waals surface area contributed by atoms with Crippen LogP contribution in [0.25, 0.3) is 0 Å². The Morgan fingerprint density at radius 2 is 0.727 bits per heavy atom. The van der Waals surface area contributed by atoms with Crippen molar-refractivity contribution in [2.24, 2.45) is 0 Å². The zero-order valence-electron chi connectivity index (χ0n) is 4.63. The molecule has 0 rings (SSSR count). The van der Waals surface area contributed by atoms with Gasteiger partial charge in [-0.05, 0) is 11.0 Å².